The number of likely N-dealkylation sites (N-methyl/N-ethyl adjacent to an activating group) is 1. The van der Waals surface area contributed by atoms with Crippen LogP contribution >= 0.6 is 0 Å². The molecule has 1 aromatic rings. The molecule has 8 nitrogen and oxygen atoms in total. The molecule has 1 unspecified atom stereocenters. The van der Waals surface area contributed by atoms with Gasteiger partial charge in [0.2, 0.25) is 0 Å². The van der Waals surface area contributed by atoms with Gasteiger partial charge in [0.25, 0.3) is 5.91 Å². The van der Waals surface area contributed by atoms with Gasteiger partial charge in [-0.2, -0.15) is 0 Å². The van der Waals surface area contributed by atoms with E-state index >= 15 is 0 Å². The minimum Gasteiger partial charge on any atom is -0.441 e. The molecule has 0 saturated carbocycles. The fourth-order valence-corrected chi connectivity index (χ4v) is 4.80. The highest BCUT2D eigenvalue weighted by molar-refractivity contribution is 5.92. The average molecular weight is 404 g/mol. The molecule has 1 spiro atoms. The van der Waals surface area contributed by atoms with Crippen molar-refractivity contribution in [1.29, 1.82) is 0 Å². The van der Waals surface area contributed by atoms with Crippen molar-refractivity contribution in [1.82, 2.24) is 24.6 Å². The van der Waals surface area contributed by atoms with E-state index in [2.05, 4.69) is 28.9 Å². The Morgan fingerprint density at radius 3 is 2.72 bits per heavy atom. The molecule has 29 heavy (non-hydrogen) atoms. The van der Waals surface area contributed by atoms with Crippen molar-refractivity contribution < 1.29 is 14.3 Å². The summed E-state index contributed by atoms with van der Waals surface area (Å²) in [5, 5.41) is 0. The molecule has 4 rings (SSSR count). The van der Waals surface area contributed by atoms with Crippen molar-refractivity contribution in [2.45, 2.75) is 37.3 Å². The molecule has 3 fully saturated rings. The van der Waals surface area contributed by atoms with Crippen LogP contribution in [-0.2, 0) is 4.74 Å². The quantitative estimate of drug-likeness (QED) is 0.779. The monoisotopic (exact) mass is 403 g/mol. The predicted octanol–water partition coefficient (Wildman–Crippen LogP) is 1.47. The van der Waals surface area contributed by atoms with Gasteiger partial charge < -0.3 is 29.3 Å². The van der Waals surface area contributed by atoms with Crippen molar-refractivity contribution in [3.05, 3.63) is 24.0 Å². The minimum absolute atomic E-state index is 0.0210. The molecule has 4 heterocycles. The number of hydrogen-bond donors (Lipinski definition) is 1. The molecule has 3 aliphatic heterocycles. The highest BCUT2D eigenvalue weighted by Gasteiger charge is 2.47. The Balaban J connectivity index is 1.22. The van der Waals surface area contributed by atoms with E-state index in [1.165, 1.54) is 6.42 Å². The number of H-pyrrole nitrogens is 1. The zero-order chi connectivity index (χ0) is 20.4. The maximum absolute atomic E-state index is 12.5. The van der Waals surface area contributed by atoms with Gasteiger partial charge in [-0.25, -0.2) is 4.79 Å². The summed E-state index contributed by atoms with van der Waals surface area (Å²) in [5.74, 6) is 0.0210. The minimum atomic E-state index is -0.423. The number of aromatic amines is 1. The summed E-state index contributed by atoms with van der Waals surface area (Å²) >= 11 is 0. The van der Waals surface area contributed by atoms with Gasteiger partial charge >= 0.3 is 6.09 Å². The van der Waals surface area contributed by atoms with E-state index in [4.69, 9.17) is 4.74 Å². The number of carbonyl (C=O) groups excluding carboxylic acids is 2. The molecular weight excluding hydrogens is 370 g/mol. The molecule has 0 aromatic carbocycles. The topological polar surface area (TPSA) is 72.1 Å². The number of amides is 2. The molecule has 1 atom stereocenters. The number of piperidine rings is 1. The molecule has 2 amide bonds. The number of hydrogen-bond acceptors (Lipinski definition) is 5. The van der Waals surface area contributed by atoms with Crippen molar-refractivity contribution >= 4 is 12.0 Å². The van der Waals surface area contributed by atoms with Crippen LogP contribution in [0.2, 0.25) is 0 Å². The van der Waals surface area contributed by atoms with Gasteiger partial charge in [-0.1, -0.05) is 0 Å². The molecule has 3 aliphatic rings. The lowest BCUT2D eigenvalue weighted by Crippen LogP contribution is -2.48. The highest BCUT2D eigenvalue weighted by atomic mass is 16.6. The van der Waals surface area contributed by atoms with Gasteiger partial charge in [-0.3, -0.25) is 4.79 Å². The lowest BCUT2D eigenvalue weighted by atomic mass is 9.91. The lowest BCUT2D eigenvalue weighted by Gasteiger charge is -2.37. The maximum Gasteiger partial charge on any atom is 0.410 e. The Labute approximate surface area is 172 Å². The standard InChI is InChI=1S/C21H33N5O3/c1-23(2)17-6-12-24(15-17)10-4-11-26-16-21(29-20(26)28)7-13-25(14-8-21)19(27)18-5-3-9-22-18/h3,5,9,17,22H,4,6-8,10-16H2,1-2H3. The van der Waals surface area contributed by atoms with E-state index in [9.17, 15) is 9.59 Å². The van der Waals surface area contributed by atoms with E-state index in [1.807, 2.05) is 15.9 Å². The van der Waals surface area contributed by atoms with Crippen LogP contribution in [0.4, 0.5) is 4.79 Å². The van der Waals surface area contributed by atoms with Gasteiger partial charge in [0, 0.05) is 51.3 Å². The van der Waals surface area contributed by atoms with Crippen molar-refractivity contribution in [2.75, 3.05) is 59.9 Å². The zero-order valence-corrected chi connectivity index (χ0v) is 17.6. The Morgan fingerprint density at radius 2 is 2.07 bits per heavy atom. The van der Waals surface area contributed by atoms with E-state index in [-0.39, 0.29) is 12.0 Å². The SMILES string of the molecule is CN(C)C1CCN(CCCN2CC3(CCN(C(=O)c4ccc[nH]4)CC3)OC2=O)C1. The molecule has 3 saturated heterocycles. The zero-order valence-electron chi connectivity index (χ0n) is 17.6. The molecule has 1 N–H and O–H groups in total. The highest BCUT2D eigenvalue weighted by Crippen LogP contribution is 2.33. The molecule has 1 aromatic heterocycles. The number of likely N-dealkylation sites (tertiary alicyclic amines) is 2. The number of rotatable bonds is 6. The Bertz CT molecular complexity index is 712. The van der Waals surface area contributed by atoms with Gasteiger partial charge in [0.15, 0.2) is 0 Å². The maximum atomic E-state index is 12.5. The number of nitrogens with zero attached hydrogens (tertiary/aromatic N) is 4. The largest absolute Gasteiger partial charge is 0.441 e. The van der Waals surface area contributed by atoms with Crippen molar-refractivity contribution in [3.8, 4) is 0 Å². The predicted molar refractivity (Wildman–Crippen MR) is 110 cm³/mol. The van der Waals surface area contributed by atoms with Crippen molar-refractivity contribution in [2.24, 2.45) is 0 Å². The lowest BCUT2D eigenvalue weighted by molar-refractivity contribution is 0.00298. The number of carbonyl (C=O) groups is 2. The molecule has 0 radical (unpaired) electrons. The number of nitrogens with one attached hydrogen (secondary N) is 1. The number of aromatic nitrogens is 1. The normalized spacial score (nSPS) is 24.7. The van der Waals surface area contributed by atoms with Crippen LogP contribution in [0.5, 0.6) is 0 Å². The van der Waals surface area contributed by atoms with Crippen LogP contribution in [0.3, 0.4) is 0 Å². The summed E-state index contributed by atoms with van der Waals surface area (Å²) in [5.41, 5.74) is 0.192. The van der Waals surface area contributed by atoms with Crippen LogP contribution in [0, 0.1) is 0 Å². The summed E-state index contributed by atoms with van der Waals surface area (Å²) < 4.78 is 5.81. The van der Waals surface area contributed by atoms with Gasteiger partial charge in [-0.05, 0) is 52.2 Å². The molecular formula is C21H33N5O3. The van der Waals surface area contributed by atoms with Crippen LogP contribution in [0.25, 0.3) is 0 Å². The molecule has 8 heteroatoms. The Hall–Kier alpha value is -2.06. The Morgan fingerprint density at radius 1 is 1.28 bits per heavy atom. The second-order valence-corrected chi connectivity index (χ2v) is 8.91. The third-order valence-electron chi connectivity index (χ3n) is 6.71. The van der Waals surface area contributed by atoms with E-state index in [0.29, 0.717) is 44.2 Å². The smallest absolute Gasteiger partial charge is 0.410 e. The first-order chi connectivity index (χ1) is 14.0. The van der Waals surface area contributed by atoms with Crippen LogP contribution in [0.15, 0.2) is 18.3 Å². The van der Waals surface area contributed by atoms with E-state index < -0.39 is 5.60 Å². The van der Waals surface area contributed by atoms with Gasteiger partial charge in [0.05, 0.1) is 6.54 Å². The van der Waals surface area contributed by atoms with Crippen LogP contribution in [0.1, 0.15) is 36.2 Å². The molecule has 0 bridgehead atoms. The fraction of sp³-hybridized carbons (Fsp3) is 0.714. The van der Waals surface area contributed by atoms with E-state index in [1.54, 1.807) is 12.3 Å². The van der Waals surface area contributed by atoms with Gasteiger partial charge in [0.1, 0.15) is 11.3 Å². The van der Waals surface area contributed by atoms with Crippen LogP contribution in [-0.4, -0.2) is 108 Å². The van der Waals surface area contributed by atoms with Crippen molar-refractivity contribution in [3.63, 3.8) is 0 Å². The average Bonchev–Trinajstić information content (AvgIpc) is 3.44. The van der Waals surface area contributed by atoms with Gasteiger partial charge in [-0.15, -0.1) is 0 Å². The summed E-state index contributed by atoms with van der Waals surface area (Å²) in [6.45, 7) is 5.93. The second-order valence-electron chi connectivity index (χ2n) is 8.91. The summed E-state index contributed by atoms with van der Waals surface area (Å²) in [7, 11) is 4.29. The second kappa shape index (κ2) is 8.36. The molecule has 0 aliphatic carbocycles. The summed E-state index contributed by atoms with van der Waals surface area (Å²) in [6, 6.07) is 4.28. The van der Waals surface area contributed by atoms with Crippen LogP contribution < -0.4 is 0 Å². The third kappa shape index (κ3) is 4.43. The van der Waals surface area contributed by atoms with E-state index in [0.717, 1.165) is 32.6 Å². The first-order valence-electron chi connectivity index (χ1n) is 10.8. The number of ether oxygens (including phenoxy) is 1. The summed E-state index contributed by atoms with van der Waals surface area (Å²) in [6.07, 6.45) is 5.18. The molecule has 160 valence electrons. The third-order valence-corrected chi connectivity index (χ3v) is 6.71. The first-order valence-corrected chi connectivity index (χ1v) is 10.8. The Kier molecular flexibility index (Phi) is 5.83. The summed E-state index contributed by atoms with van der Waals surface area (Å²) in [4.78, 5) is 36.4. The fourth-order valence-electron chi connectivity index (χ4n) is 4.80. The first kappa shape index (κ1) is 20.2.